The molecule has 1 atom stereocenters. The van der Waals surface area contributed by atoms with Crippen LogP contribution in [0.5, 0.6) is 5.75 Å². The van der Waals surface area contributed by atoms with Crippen molar-refractivity contribution in [3.63, 3.8) is 0 Å². The molecule has 1 heterocycles. The predicted molar refractivity (Wildman–Crippen MR) is 111 cm³/mol. The monoisotopic (exact) mass is 402 g/mol. The highest BCUT2D eigenvalue weighted by Gasteiger charge is 2.50. The molecule has 4 aliphatic carbocycles. The van der Waals surface area contributed by atoms with Gasteiger partial charge >= 0.3 is 0 Å². The zero-order valence-corrected chi connectivity index (χ0v) is 17.3. The summed E-state index contributed by atoms with van der Waals surface area (Å²) in [7, 11) is 0. The average Bonchev–Trinajstić information content (AvgIpc) is 3.18. The molecule has 2 N–H and O–H groups in total. The topological polar surface area (TPSA) is 50.4 Å². The molecule has 6 rings (SSSR count). The summed E-state index contributed by atoms with van der Waals surface area (Å²) in [5.41, 5.74) is 0.863. The maximum absolute atomic E-state index is 12.9. The van der Waals surface area contributed by atoms with Crippen molar-refractivity contribution in [1.29, 1.82) is 0 Å². The minimum absolute atomic E-state index is 0.0646. The van der Waals surface area contributed by atoms with Crippen LogP contribution in [0.4, 0.5) is 0 Å². The maximum Gasteiger partial charge on any atom is 0.252 e. The molecule has 0 spiro atoms. The van der Waals surface area contributed by atoms with Crippen molar-refractivity contribution in [2.45, 2.75) is 57.4 Å². The Morgan fingerprint density at radius 3 is 2.54 bits per heavy atom. The summed E-state index contributed by atoms with van der Waals surface area (Å²) in [6, 6.07) is 5.84. The van der Waals surface area contributed by atoms with Crippen LogP contribution >= 0.6 is 11.6 Å². The number of hydrogen-bond donors (Lipinski definition) is 2. The van der Waals surface area contributed by atoms with Gasteiger partial charge in [0.05, 0.1) is 10.6 Å². The highest BCUT2D eigenvalue weighted by molar-refractivity contribution is 6.33. The number of hydrogen-bond acceptors (Lipinski definition) is 3. The van der Waals surface area contributed by atoms with E-state index in [2.05, 4.69) is 10.6 Å². The van der Waals surface area contributed by atoms with Gasteiger partial charge in [-0.3, -0.25) is 4.79 Å². The lowest BCUT2D eigenvalue weighted by Gasteiger charge is -2.56. The third-order valence-corrected chi connectivity index (χ3v) is 7.91. The number of benzene rings is 1. The van der Waals surface area contributed by atoms with Crippen LogP contribution in [0, 0.1) is 23.2 Å². The lowest BCUT2D eigenvalue weighted by atomic mass is 9.49. The van der Waals surface area contributed by atoms with Crippen LogP contribution in [0.25, 0.3) is 0 Å². The Hall–Kier alpha value is -1.26. The first-order chi connectivity index (χ1) is 13.6. The second kappa shape index (κ2) is 7.53. The number of halogens is 1. The quantitative estimate of drug-likeness (QED) is 0.740. The van der Waals surface area contributed by atoms with E-state index in [-0.39, 0.29) is 5.91 Å². The highest BCUT2D eigenvalue weighted by Crippen LogP contribution is 2.59. The van der Waals surface area contributed by atoms with Crippen molar-refractivity contribution in [1.82, 2.24) is 10.6 Å². The summed E-state index contributed by atoms with van der Waals surface area (Å²) < 4.78 is 5.91. The Morgan fingerprint density at radius 1 is 1.18 bits per heavy atom. The smallest absolute Gasteiger partial charge is 0.252 e. The molecular weight excluding hydrogens is 372 g/mol. The van der Waals surface area contributed by atoms with Crippen molar-refractivity contribution in [2.75, 3.05) is 19.7 Å². The lowest BCUT2D eigenvalue weighted by Crippen LogP contribution is -2.51. The molecule has 1 aromatic carbocycles. The number of carbonyl (C=O) groups excluding carboxylic acids is 1. The molecule has 152 valence electrons. The van der Waals surface area contributed by atoms with Crippen LogP contribution in [0.15, 0.2) is 18.2 Å². The minimum Gasteiger partial charge on any atom is -0.492 e. The fraction of sp³-hybridized carbons (Fsp3) is 0.696. The summed E-state index contributed by atoms with van der Waals surface area (Å²) >= 11 is 6.34. The average molecular weight is 403 g/mol. The molecule has 5 aliphatic rings. The minimum atomic E-state index is -0.0646. The van der Waals surface area contributed by atoms with Gasteiger partial charge in [0.15, 0.2) is 0 Å². The van der Waals surface area contributed by atoms with Gasteiger partial charge in [-0.1, -0.05) is 11.6 Å². The fourth-order valence-electron chi connectivity index (χ4n) is 6.73. The Kier molecular flexibility index (Phi) is 5.04. The molecule has 1 aromatic rings. The molecule has 1 unspecified atom stereocenters. The van der Waals surface area contributed by atoms with Gasteiger partial charge in [0.25, 0.3) is 5.91 Å². The first-order valence-corrected chi connectivity index (χ1v) is 11.4. The molecule has 28 heavy (non-hydrogen) atoms. The van der Waals surface area contributed by atoms with Gasteiger partial charge in [-0.2, -0.15) is 0 Å². The van der Waals surface area contributed by atoms with Gasteiger partial charge in [0, 0.05) is 12.6 Å². The van der Waals surface area contributed by atoms with E-state index in [1.54, 1.807) is 12.1 Å². The van der Waals surface area contributed by atoms with E-state index >= 15 is 0 Å². The van der Waals surface area contributed by atoms with E-state index in [0.29, 0.717) is 28.6 Å². The SMILES string of the molecule is O=C(NCC12CC3CC(CC(C3)C1)C2)c1cc(OCC2CCCN2)ccc1Cl. The molecule has 5 heteroatoms. The molecule has 4 nitrogen and oxygen atoms in total. The molecule has 1 amide bonds. The van der Waals surface area contributed by atoms with Crippen LogP contribution in [0.2, 0.25) is 5.02 Å². The van der Waals surface area contributed by atoms with Gasteiger partial charge in [0.2, 0.25) is 0 Å². The van der Waals surface area contributed by atoms with Crippen LogP contribution in [0.3, 0.4) is 0 Å². The third-order valence-electron chi connectivity index (χ3n) is 7.59. The van der Waals surface area contributed by atoms with Crippen molar-refractivity contribution >= 4 is 17.5 Å². The number of carbonyl (C=O) groups is 1. The van der Waals surface area contributed by atoms with Gasteiger partial charge in [-0.15, -0.1) is 0 Å². The van der Waals surface area contributed by atoms with E-state index in [1.165, 1.54) is 44.9 Å². The van der Waals surface area contributed by atoms with Crippen LogP contribution in [0.1, 0.15) is 61.7 Å². The van der Waals surface area contributed by atoms with E-state index in [1.807, 2.05) is 6.07 Å². The van der Waals surface area contributed by atoms with Crippen LogP contribution in [-0.2, 0) is 0 Å². The molecule has 4 saturated carbocycles. The van der Waals surface area contributed by atoms with Gasteiger partial charge in [-0.05, 0) is 99.3 Å². The lowest BCUT2D eigenvalue weighted by molar-refractivity contribution is -0.0503. The second-order valence-electron chi connectivity index (χ2n) is 9.85. The zero-order chi connectivity index (χ0) is 19.1. The summed E-state index contributed by atoms with van der Waals surface area (Å²) in [6.07, 6.45) is 10.5. The van der Waals surface area contributed by atoms with Gasteiger partial charge < -0.3 is 15.4 Å². The van der Waals surface area contributed by atoms with Crippen molar-refractivity contribution in [3.05, 3.63) is 28.8 Å². The maximum atomic E-state index is 12.9. The molecule has 1 aliphatic heterocycles. The predicted octanol–water partition coefficient (Wildman–Crippen LogP) is 4.42. The van der Waals surface area contributed by atoms with E-state index in [9.17, 15) is 4.79 Å². The standard InChI is InChI=1S/C23H31ClN2O2/c24-21-4-3-19(28-13-18-2-1-5-25-18)9-20(21)22(27)26-14-23-10-15-6-16(11-23)8-17(7-15)12-23/h3-4,9,15-18,25H,1-2,5-8,10-14H2,(H,26,27). The third kappa shape index (κ3) is 3.78. The first kappa shape index (κ1) is 18.7. The molecule has 4 bridgehead atoms. The van der Waals surface area contributed by atoms with Crippen molar-refractivity contribution in [3.8, 4) is 5.75 Å². The van der Waals surface area contributed by atoms with E-state index in [4.69, 9.17) is 16.3 Å². The first-order valence-electron chi connectivity index (χ1n) is 11.0. The summed E-state index contributed by atoms with van der Waals surface area (Å²) in [5.74, 6) is 3.34. The van der Waals surface area contributed by atoms with Gasteiger partial charge in [0.1, 0.15) is 12.4 Å². The fourth-order valence-corrected chi connectivity index (χ4v) is 6.94. The van der Waals surface area contributed by atoms with E-state index in [0.717, 1.165) is 43.0 Å². The van der Waals surface area contributed by atoms with Crippen LogP contribution < -0.4 is 15.4 Å². The Balaban J connectivity index is 1.22. The van der Waals surface area contributed by atoms with Gasteiger partial charge in [-0.25, -0.2) is 0 Å². The number of ether oxygens (including phenoxy) is 1. The normalized spacial score (nSPS) is 35.9. The summed E-state index contributed by atoms with van der Waals surface area (Å²) in [6.45, 7) is 2.49. The van der Waals surface area contributed by atoms with Crippen molar-refractivity contribution in [2.24, 2.45) is 23.2 Å². The summed E-state index contributed by atoms with van der Waals surface area (Å²) in [4.78, 5) is 12.9. The number of amides is 1. The number of nitrogens with one attached hydrogen (secondary N) is 2. The number of rotatable bonds is 6. The Bertz CT molecular complexity index is 709. The summed E-state index contributed by atoms with van der Waals surface area (Å²) in [5, 5.41) is 7.15. The zero-order valence-electron chi connectivity index (χ0n) is 16.5. The Morgan fingerprint density at radius 2 is 1.89 bits per heavy atom. The second-order valence-corrected chi connectivity index (χ2v) is 10.3. The highest BCUT2D eigenvalue weighted by atomic mass is 35.5. The van der Waals surface area contributed by atoms with E-state index < -0.39 is 0 Å². The molecule has 5 fully saturated rings. The Labute approximate surface area is 172 Å². The molecule has 1 saturated heterocycles. The largest absolute Gasteiger partial charge is 0.492 e. The van der Waals surface area contributed by atoms with Crippen LogP contribution in [-0.4, -0.2) is 31.6 Å². The molecular formula is C23H31ClN2O2. The molecule has 0 aromatic heterocycles. The van der Waals surface area contributed by atoms with Crippen molar-refractivity contribution < 1.29 is 9.53 Å². The molecule has 0 radical (unpaired) electrons.